The molecular formula is C24H29N3O5S. The molecule has 8 nitrogen and oxygen atoms in total. The Morgan fingerprint density at radius 1 is 0.909 bits per heavy atom. The molecule has 0 spiro atoms. The maximum absolute atomic E-state index is 12.0. The normalized spacial score (nSPS) is 10.3. The molecule has 33 heavy (non-hydrogen) atoms. The molecule has 2 aromatic rings. The largest absolute Gasteiger partial charge is 0.483 e. The number of ether oxygens (including phenoxy) is 2. The lowest BCUT2D eigenvalue weighted by Gasteiger charge is -2.14. The van der Waals surface area contributed by atoms with Crippen LogP contribution in [0.1, 0.15) is 43.7 Å². The zero-order chi connectivity index (χ0) is 24.1. The number of nitrogens with one attached hydrogen (secondary N) is 3. The van der Waals surface area contributed by atoms with Crippen molar-refractivity contribution >= 4 is 35.1 Å². The predicted octanol–water partition coefficient (Wildman–Crippen LogP) is 2.78. The number of esters is 1. The molecule has 0 fully saturated rings. The lowest BCUT2D eigenvalue weighted by Crippen LogP contribution is -2.49. The summed E-state index contributed by atoms with van der Waals surface area (Å²) < 4.78 is 10.7. The third kappa shape index (κ3) is 10.1. The Kier molecular flexibility index (Phi) is 10.8. The second kappa shape index (κ2) is 13.8. The number of hydrogen-bond donors (Lipinski definition) is 3. The summed E-state index contributed by atoms with van der Waals surface area (Å²) in [6.45, 7) is 4.10. The first-order chi connectivity index (χ1) is 15.8. The number of carbonyl (C=O) groups is 3. The van der Waals surface area contributed by atoms with E-state index in [-0.39, 0.29) is 37.1 Å². The predicted molar refractivity (Wildman–Crippen MR) is 128 cm³/mol. The van der Waals surface area contributed by atoms with Gasteiger partial charge in [0.15, 0.2) is 11.7 Å². The molecule has 3 N–H and O–H groups in total. The van der Waals surface area contributed by atoms with Gasteiger partial charge in [-0.2, -0.15) is 0 Å². The van der Waals surface area contributed by atoms with Crippen molar-refractivity contribution in [1.29, 1.82) is 0 Å². The van der Waals surface area contributed by atoms with Crippen molar-refractivity contribution in [3.63, 3.8) is 0 Å². The van der Waals surface area contributed by atoms with Crippen LogP contribution in [-0.4, -0.2) is 36.1 Å². The van der Waals surface area contributed by atoms with Gasteiger partial charge in [-0.25, -0.2) is 0 Å². The summed E-state index contributed by atoms with van der Waals surface area (Å²) in [6, 6.07) is 17.1. The van der Waals surface area contributed by atoms with Crippen LogP contribution in [0.15, 0.2) is 54.6 Å². The zero-order valence-electron chi connectivity index (χ0n) is 18.8. The fourth-order valence-electron chi connectivity index (χ4n) is 2.83. The van der Waals surface area contributed by atoms with Gasteiger partial charge in [0.25, 0.3) is 5.91 Å². The molecular weight excluding hydrogens is 442 g/mol. The van der Waals surface area contributed by atoms with Crippen molar-refractivity contribution in [2.75, 3.05) is 13.2 Å². The van der Waals surface area contributed by atoms with E-state index < -0.39 is 17.8 Å². The van der Waals surface area contributed by atoms with Crippen molar-refractivity contribution in [1.82, 2.24) is 16.2 Å². The molecule has 0 saturated carbocycles. The van der Waals surface area contributed by atoms with Crippen LogP contribution in [0.25, 0.3) is 0 Å². The topological polar surface area (TPSA) is 106 Å². The standard InChI is InChI=1S/C24H29N3O5S/c1-17(2)19-10-6-7-11-20(19)32-16-22(29)26-27-24(33)25-21(28)12-13-23(30)31-15-14-18-8-4-3-5-9-18/h3-11,17H,12-16H2,1-2H3,(H,26,29)(H2,25,27,28,33). The molecule has 2 rings (SSSR count). The summed E-state index contributed by atoms with van der Waals surface area (Å²) in [5.41, 5.74) is 6.85. The summed E-state index contributed by atoms with van der Waals surface area (Å²) >= 11 is 4.97. The van der Waals surface area contributed by atoms with E-state index in [1.165, 1.54) is 0 Å². The third-order valence-electron chi connectivity index (χ3n) is 4.52. The van der Waals surface area contributed by atoms with Crippen LogP contribution in [0.3, 0.4) is 0 Å². The highest BCUT2D eigenvalue weighted by Gasteiger charge is 2.12. The van der Waals surface area contributed by atoms with E-state index in [1.807, 2.05) is 62.4 Å². The van der Waals surface area contributed by atoms with Gasteiger partial charge in [-0.1, -0.05) is 62.4 Å². The smallest absolute Gasteiger partial charge is 0.306 e. The van der Waals surface area contributed by atoms with Gasteiger partial charge in [-0.3, -0.25) is 25.2 Å². The van der Waals surface area contributed by atoms with Gasteiger partial charge in [0.2, 0.25) is 5.91 Å². The van der Waals surface area contributed by atoms with Crippen molar-refractivity contribution < 1.29 is 23.9 Å². The molecule has 0 unspecified atom stereocenters. The van der Waals surface area contributed by atoms with Gasteiger partial charge in [0.05, 0.1) is 13.0 Å². The molecule has 0 bridgehead atoms. The average molecular weight is 472 g/mol. The lowest BCUT2D eigenvalue weighted by molar-refractivity contribution is -0.144. The quantitative estimate of drug-likeness (QED) is 0.278. The van der Waals surface area contributed by atoms with Crippen LogP contribution >= 0.6 is 12.2 Å². The first kappa shape index (κ1) is 25.8. The Hall–Kier alpha value is -3.46. The Bertz CT molecular complexity index is 950. The van der Waals surface area contributed by atoms with E-state index in [1.54, 1.807) is 6.07 Å². The maximum atomic E-state index is 12.0. The SMILES string of the molecule is CC(C)c1ccccc1OCC(=O)NNC(=S)NC(=O)CCC(=O)OCCc1ccccc1. The monoisotopic (exact) mass is 471 g/mol. The number of carbonyl (C=O) groups excluding carboxylic acids is 3. The highest BCUT2D eigenvalue weighted by Crippen LogP contribution is 2.25. The van der Waals surface area contributed by atoms with Gasteiger partial charge >= 0.3 is 5.97 Å². The second-order valence-corrected chi connectivity index (χ2v) is 7.90. The van der Waals surface area contributed by atoms with E-state index in [0.29, 0.717) is 12.2 Å². The number of hydrogen-bond acceptors (Lipinski definition) is 6. The fourth-order valence-corrected chi connectivity index (χ4v) is 3.00. The summed E-state index contributed by atoms with van der Waals surface area (Å²) in [7, 11) is 0. The summed E-state index contributed by atoms with van der Waals surface area (Å²) in [4.78, 5) is 35.7. The van der Waals surface area contributed by atoms with Crippen LogP contribution in [0.2, 0.25) is 0 Å². The van der Waals surface area contributed by atoms with Gasteiger partial charge < -0.3 is 14.8 Å². The minimum Gasteiger partial charge on any atom is -0.483 e. The molecule has 0 saturated heterocycles. The Balaban J connectivity index is 1.59. The van der Waals surface area contributed by atoms with Crippen molar-refractivity contribution in [3.8, 4) is 5.75 Å². The van der Waals surface area contributed by atoms with E-state index in [9.17, 15) is 14.4 Å². The zero-order valence-corrected chi connectivity index (χ0v) is 19.6. The Labute approximate surface area is 199 Å². The Morgan fingerprint density at radius 3 is 2.33 bits per heavy atom. The lowest BCUT2D eigenvalue weighted by atomic mass is 10.0. The minimum atomic E-state index is -0.469. The summed E-state index contributed by atoms with van der Waals surface area (Å²) in [5.74, 6) is -0.511. The molecule has 9 heteroatoms. The maximum Gasteiger partial charge on any atom is 0.306 e. The number of rotatable bonds is 10. The molecule has 0 radical (unpaired) electrons. The number of thiocarbonyl (C=S) groups is 1. The van der Waals surface area contributed by atoms with Crippen molar-refractivity contribution in [2.45, 2.75) is 39.0 Å². The number of para-hydroxylation sites is 1. The van der Waals surface area contributed by atoms with Crippen LogP contribution in [0.4, 0.5) is 0 Å². The van der Waals surface area contributed by atoms with Crippen LogP contribution in [0, 0.1) is 0 Å². The van der Waals surface area contributed by atoms with Gasteiger partial charge in [-0.15, -0.1) is 0 Å². The molecule has 176 valence electrons. The van der Waals surface area contributed by atoms with Gasteiger partial charge in [0, 0.05) is 12.8 Å². The molecule has 0 heterocycles. The highest BCUT2D eigenvalue weighted by molar-refractivity contribution is 7.80. The van der Waals surface area contributed by atoms with E-state index in [4.69, 9.17) is 21.7 Å². The summed E-state index contributed by atoms with van der Waals surface area (Å²) in [5, 5.41) is 2.30. The molecule has 2 aromatic carbocycles. The van der Waals surface area contributed by atoms with Gasteiger partial charge in [-0.05, 0) is 35.3 Å². The second-order valence-electron chi connectivity index (χ2n) is 7.49. The van der Waals surface area contributed by atoms with Crippen LogP contribution < -0.4 is 20.9 Å². The average Bonchev–Trinajstić information content (AvgIpc) is 2.81. The van der Waals surface area contributed by atoms with Crippen molar-refractivity contribution in [3.05, 3.63) is 65.7 Å². The van der Waals surface area contributed by atoms with Crippen molar-refractivity contribution in [2.24, 2.45) is 0 Å². The third-order valence-corrected chi connectivity index (χ3v) is 4.73. The highest BCUT2D eigenvalue weighted by atomic mass is 32.1. The number of hydrazine groups is 1. The van der Waals surface area contributed by atoms with Crippen LogP contribution in [0.5, 0.6) is 5.75 Å². The minimum absolute atomic E-state index is 0.0707. The van der Waals surface area contributed by atoms with E-state index >= 15 is 0 Å². The van der Waals surface area contributed by atoms with E-state index in [0.717, 1.165) is 11.1 Å². The number of benzene rings is 2. The molecule has 2 amide bonds. The summed E-state index contributed by atoms with van der Waals surface area (Å²) in [6.07, 6.45) is 0.451. The van der Waals surface area contributed by atoms with Gasteiger partial charge in [0.1, 0.15) is 5.75 Å². The fraction of sp³-hybridized carbons (Fsp3) is 0.333. The molecule has 0 atom stereocenters. The molecule has 0 aliphatic rings. The first-order valence-electron chi connectivity index (χ1n) is 10.6. The Morgan fingerprint density at radius 2 is 1.61 bits per heavy atom. The van der Waals surface area contributed by atoms with Crippen LogP contribution in [-0.2, 0) is 25.5 Å². The molecule has 0 aliphatic carbocycles. The molecule has 0 aliphatic heterocycles. The molecule has 0 aromatic heterocycles. The number of amides is 2. The van der Waals surface area contributed by atoms with E-state index in [2.05, 4.69) is 16.2 Å². The first-order valence-corrected chi connectivity index (χ1v) is 11.1.